The second-order valence-electron chi connectivity index (χ2n) is 4.96. The van der Waals surface area contributed by atoms with Crippen molar-refractivity contribution < 1.29 is 4.79 Å². The Kier molecular flexibility index (Phi) is 6.10. The molecule has 17 heavy (non-hydrogen) atoms. The standard InChI is InChI=1S/C12H22N2OS.ClH/c1-2-11-8-14(5-6-16-11)12(15)9-3-4-10(13)7-9;/h9-11H,2-8,13H2,1H3;1H. The van der Waals surface area contributed by atoms with E-state index < -0.39 is 0 Å². The lowest BCUT2D eigenvalue weighted by molar-refractivity contribution is -0.135. The molecule has 3 nitrogen and oxygen atoms in total. The molecule has 1 aliphatic carbocycles. The second kappa shape index (κ2) is 6.86. The zero-order chi connectivity index (χ0) is 11.5. The Morgan fingerprint density at radius 2 is 2.24 bits per heavy atom. The number of hydrogen-bond acceptors (Lipinski definition) is 3. The first kappa shape index (κ1) is 15.1. The molecule has 0 aromatic rings. The van der Waals surface area contributed by atoms with Gasteiger partial charge in [-0.05, 0) is 25.7 Å². The average Bonchev–Trinajstić information content (AvgIpc) is 2.75. The maximum atomic E-state index is 12.3. The summed E-state index contributed by atoms with van der Waals surface area (Å²) in [5.74, 6) is 1.69. The molecule has 3 unspecified atom stereocenters. The molecule has 1 saturated carbocycles. The van der Waals surface area contributed by atoms with E-state index in [1.165, 1.54) is 6.42 Å². The molecule has 2 fully saturated rings. The lowest BCUT2D eigenvalue weighted by Crippen LogP contribution is -2.44. The van der Waals surface area contributed by atoms with Crippen LogP contribution in [0.3, 0.4) is 0 Å². The van der Waals surface area contributed by atoms with Gasteiger partial charge >= 0.3 is 0 Å². The van der Waals surface area contributed by atoms with Crippen molar-refractivity contribution in [1.29, 1.82) is 0 Å². The number of carbonyl (C=O) groups excluding carboxylic acids is 1. The van der Waals surface area contributed by atoms with Gasteiger partial charge in [0.25, 0.3) is 0 Å². The van der Waals surface area contributed by atoms with E-state index in [1.807, 2.05) is 11.8 Å². The first-order chi connectivity index (χ1) is 7.70. The van der Waals surface area contributed by atoms with Crippen LogP contribution in [-0.2, 0) is 4.79 Å². The van der Waals surface area contributed by atoms with Crippen molar-refractivity contribution >= 4 is 30.1 Å². The molecule has 1 amide bonds. The fraction of sp³-hybridized carbons (Fsp3) is 0.917. The lowest BCUT2D eigenvalue weighted by Gasteiger charge is -2.33. The van der Waals surface area contributed by atoms with E-state index in [-0.39, 0.29) is 24.4 Å². The van der Waals surface area contributed by atoms with Crippen molar-refractivity contribution in [2.24, 2.45) is 11.7 Å². The van der Waals surface area contributed by atoms with Gasteiger partial charge in [-0.25, -0.2) is 0 Å². The Hall–Kier alpha value is 0.0700. The molecule has 0 bridgehead atoms. The molecule has 2 N–H and O–H groups in total. The molecule has 2 rings (SSSR count). The Morgan fingerprint density at radius 1 is 1.47 bits per heavy atom. The Bertz CT molecular complexity index is 265. The molecule has 1 heterocycles. The predicted octanol–water partition coefficient (Wildman–Crippen LogP) is 1.89. The molecule has 0 radical (unpaired) electrons. The van der Waals surface area contributed by atoms with Crippen molar-refractivity contribution in [3.63, 3.8) is 0 Å². The first-order valence-corrected chi connectivity index (χ1v) is 7.41. The summed E-state index contributed by atoms with van der Waals surface area (Å²) in [5, 5.41) is 0.646. The van der Waals surface area contributed by atoms with Gasteiger partial charge in [-0.3, -0.25) is 4.79 Å². The maximum Gasteiger partial charge on any atom is 0.225 e. The third kappa shape index (κ3) is 3.76. The number of hydrogen-bond donors (Lipinski definition) is 1. The number of nitrogens with two attached hydrogens (primary N) is 1. The van der Waals surface area contributed by atoms with Gasteiger partial charge in [-0.15, -0.1) is 12.4 Å². The Balaban J connectivity index is 0.00000144. The summed E-state index contributed by atoms with van der Waals surface area (Å²) in [6.07, 6.45) is 4.09. The normalized spacial score (nSPS) is 33.3. The van der Waals surface area contributed by atoms with Crippen LogP contribution >= 0.6 is 24.2 Å². The van der Waals surface area contributed by atoms with Crippen LogP contribution in [0.5, 0.6) is 0 Å². The SMILES string of the molecule is CCC1CN(C(=O)C2CCC(N)C2)CCS1.Cl. The third-order valence-corrected chi connectivity index (χ3v) is 5.10. The zero-order valence-electron chi connectivity index (χ0n) is 10.4. The molecular formula is C12H23ClN2OS. The molecular weight excluding hydrogens is 256 g/mol. The molecule has 5 heteroatoms. The van der Waals surface area contributed by atoms with Crippen LogP contribution in [0, 0.1) is 5.92 Å². The second-order valence-corrected chi connectivity index (χ2v) is 6.36. The van der Waals surface area contributed by atoms with Crippen molar-refractivity contribution in [3.8, 4) is 0 Å². The molecule has 100 valence electrons. The fourth-order valence-corrected chi connectivity index (χ4v) is 3.85. The molecule has 0 aromatic heterocycles. The van der Waals surface area contributed by atoms with E-state index in [0.717, 1.165) is 38.1 Å². The maximum absolute atomic E-state index is 12.3. The summed E-state index contributed by atoms with van der Waals surface area (Å²) in [4.78, 5) is 14.3. The van der Waals surface area contributed by atoms with Crippen LogP contribution in [0.4, 0.5) is 0 Å². The first-order valence-electron chi connectivity index (χ1n) is 6.36. The fourth-order valence-electron chi connectivity index (χ4n) is 2.67. The molecule has 3 atom stereocenters. The number of halogens is 1. The quantitative estimate of drug-likeness (QED) is 0.839. The van der Waals surface area contributed by atoms with Crippen molar-refractivity contribution in [2.45, 2.75) is 43.9 Å². The summed E-state index contributed by atoms with van der Waals surface area (Å²) in [7, 11) is 0. The van der Waals surface area contributed by atoms with Gasteiger partial charge in [0, 0.05) is 36.1 Å². The number of rotatable bonds is 2. The summed E-state index contributed by atoms with van der Waals surface area (Å²) < 4.78 is 0. The van der Waals surface area contributed by atoms with Gasteiger partial charge < -0.3 is 10.6 Å². The molecule has 0 aromatic carbocycles. The van der Waals surface area contributed by atoms with Gasteiger partial charge in [-0.2, -0.15) is 11.8 Å². The van der Waals surface area contributed by atoms with E-state index in [9.17, 15) is 4.79 Å². The highest BCUT2D eigenvalue weighted by Crippen LogP contribution is 2.28. The van der Waals surface area contributed by atoms with Crippen molar-refractivity contribution in [3.05, 3.63) is 0 Å². The topological polar surface area (TPSA) is 46.3 Å². The van der Waals surface area contributed by atoms with Gasteiger partial charge in [0.1, 0.15) is 0 Å². The highest BCUT2D eigenvalue weighted by atomic mass is 35.5. The number of thioether (sulfide) groups is 1. The number of nitrogens with zero attached hydrogens (tertiary/aromatic N) is 1. The van der Waals surface area contributed by atoms with Crippen LogP contribution < -0.4 is 5.73 Å². The third-order valence-electron chi connectivity index (χ3n) is 3.73. The van der Waals surface area contributed by atoms with E-state index in [1.54, 1.807) is 0 Å². The van der Waals surface area contributed by atoms with Crippen molar-refractivity contribution in [1.82, 2.24) is 4.90 Å². The number of amides is 1. The van der Waals surface area contributed by atoms with E-state index in [2.05, 4.69) is 11.8 Å². The predicted molar refractivity (Wildman–Crippen MR) is 75.7 cm³/mol. The Labute approximate surface area is 114 Å². The minimum atomic E-state index is 0. The minimum Gasteiger partial charge on any atom is -0.341 e. The number of carbonyl (C=O) groups is 1. The average molecular weight is 279 g/mol. The highest BCUT2D eigenvalue weighted by Gasteiger charge is 2.32. The van der Waals surface area contributed by atoms with Crippen LogP contribution in [-0.4, -0.2) is 40.9 Å². The summed E-state index contributed by atoms with van der Waals surface area (Å²) in [6.45, 7) is 4.09. The van der Waals surface area contributed by atoms with E-state index in [0.29, 0.717) is 11.2 Å². The van der Waals surface area contributed by atoms with Gasteiger partial charge in [-0.1, -0.05) is 6.92 Å². The monoisotopic (exact) mass is 278 g/mol. The van der Waals surface area contributed by atoms with Crippen LogP contribution in [0.25, 0.3) is 0 Å². The van der Waals surface area contributed by atoms with E-state index >= 15 is 0 Å². The molecule has 1 aliphatic heterocycles. The molecule has 1 saturated heterocycles. The van der Waals surface area contributed by atoms with Gasteiger partial charge in [0.05, 0.1) is 0 Å². The van der Waals surface area contributed by atoms with Crippen LogP contribution in [0.15, 0.2) is 0 Å². The molecule has 2 aliphatic rings. The minimum absolute atomic E-state index is 0. The summed E-state index contributed by atoms with van der Waals surface area (Å²) >= 11 is 2.01. The largest absolute Gasteiger partial charge is 0.341 e. The smallest absolute Gasteiger partial charge is 0.225 e. The summed E-state index contributed by atoms with van der Waals surface area (Å²) in [5.41, 5.74) is 5.87. The summed E-state index contributed by atoms with van der Waals surface area (Å²) in [6, 6.07) is 0.259. The zero-order valence-corrected chi connectivity index (χ0v) is 12.1. The van der Waals surface area contributed by atoms with Crippen LogP contribution in [0.2, 0.25) is 0 Å². The Morgan fingerprint density at radius 3 is 2.82 bits per heavy atom. The van der Waals surface area contributed by atoms with Crippen LogP contribution in [0.1, 0.15) is 32.6 Å². The molecule has 0 spiro atoms. The highest BCUT2D eigenvalue weighted by molar-refractivity contribution is 8.00. The van der Waals surface area contributed by atoms with Gasteiger partial charge in [0.2, 0.25) is 5.91 Å². The van der Waals surface area contributed by atoms with E-state index in [4.69, 9.17) is 5.73 Å². The van der Waals surface area contributed by atoms with Gasteiger partial charge in [0.15, 0.2) is 0 Å². The van der Waals surface area contributed by atoms with Crippen molar-refractivity contribution in [2.75, 3.05) is 18.8 Å². The lowest BCUT2D eigenvalue weighted by atomic mass is 10.1.